The van der Waals surface area contributed by atoms with E-state index in [2.05, 4.69) is 51.6 Å². The van der Waals surface area contributed by atoms with Gasteiger partial charge in [0, 0.05) is 23.3 Å². The number of rotatable bonds is 5. The van der Waals surface area contributed by atoms with E-state index >= 15 is 0 Å². The summed E-state index contributed by atoms with van der Waals surface area (Å²) in [4.78, 5) is 25.4. The molecular weight excluding hydrogens is 362 g/mol. The molecule has 2 aromatic carbocycles. The molecule has 0 spiro atoms. The maximum absolute atomic E-state index is 12.7. The van der Waals surface area contributed by atoms with Crippen LogP contribution < -0.4 is 10.6 Å². The van der Waals surface area contributed by atoms with Gasteiger partial charge in [0.1, 0.15) is 17.8 Å². The molecule has 6 heteroatoms. The first-order valence-electron chi connectivity index (χ1n) is 9.44. The van der Waals surface area contributed by atoms with E-state index in [1.165, 1.54) is 11.9 Å². The van der Waals surface area contributed by atoms with E-state index in [0.29, 0.717) is 17.4 Å². The Bertz CT molecular complexity index is 1150. The quantitative estimate of drug-likeness (QED) is 0.498. The number of nitrogens with one attached hydrogen (secondary N) is 2. The molecule has 2 N–H and O–H groups in total. The third-order valence-electron chi connectivity index (χ3n) is 4.63. The predicted molar refractivity (Wildman–Crippen MR) is 116 cm³/mol. The van der Waals surface area contributed by atoms with Crippen LogP contribution in [0.1, 0.15) is 35.8 Å². The molecule has 0 fully saturated rings. The summed E-state index contributed by atoms with van der Waals surface area (Å²) in [6, 6.07) is 19.3. The summed E-state index contributed by atoms with van der Waals surface area (Å²) in [5.74, 6) is 0.712. The van der Waals surface area contributed by atoms with Crippen molar-refractivity contribution in [2.75, 3.05) is 10.6 Å². The van der Waals surface area contributed by atoms with E-state index in [1.54, 1.807) is 12.3 Å². The maximum Gasteiger partial charge on any atom is 0.274 e. The van der Waals surface area contributed by atoms with Gasteiger partial charge in [-0.05, 0) is 35.7 Å². The highest BCUT2D eigenvalue weighted by Crippen LogP contribution is 2.22. The molecule has 0 saturated carbocycles. The van der Waals surface area contributed by atoms with E-state index < -0.39 is 0 Å². The van der Waals surface area contributed by atoms with Crippen LogP contribution in [0.15, 0.2) is 73.2 Å². The highest BCUT2D eigenvalue weighted by Gasteiger charge is 2.12. The van der Waals surface area contributed by atoms with Crippen molar-refractivity contribution in [3.8, 4) is 0 Å². The Kier molecular flexibility index (Phi) is 5.16. The maximum atomic E-state index is 12.7. The number of aromatic nitrogens is 3. The van der Waals surface area contributed by atoms with Gasteiger partial charge in [0.05, 0.1) is 11.2 Å². The zero-order chi connectivity index (χ0) is 20.2. The molecule has 6 nitrogen and oxygen atoms in total. The summed E-state index contributed by atoms with van der Waals surface area (Å²) in [6.45, 7) is 4.31. The number of carbonyl (C=O) groups excluding carboxylic acids is 1. The Labute approximate surface area is 169 Å². The molecule has 0 saturated heterocycles. The van der Waals surface area contributed by atoms with Crippen LogP contribution in [-0.2, 0) is 0 Å². The van der Waals surface area contributed by atoms with Gasteiger partial charge in [-0.15, -0.1) is 0 Å². The third kappa shape index (κ3) is 4.21. The fourth-order valence-electron chi connectivity index (χ4n) is 3.04. The van der Waals surface area contributed by atoms with Crippen LogP contribution in [0, 0.1) is 0 Å². The summed E-state index contributed by atoms with van der Waals surface area (Å²) in [7, 11) is 0. The second kappa shape index (κ2) is 8.06. The van der Waals surface area contributed by atoms with Crippen molar-refractivity contribution in [3.05, 3.63) is 84.4 Å². The number of hydrogen-bond donors (Lipinski definition) is 2. The summed E-state index contributed by atoms with van der Waals surface area (Å²) >= 11 is 0. The Balaban J connectivity index is 1.52. The van der Waals surface area contributed by atoms with Gasteiger partial charge < -0.3 is 10.6 Å². The molecule has 2 heterocycles. The van der Waals surface area contributed by atoms with Gasteiger partial charge >= 0.3 is 0 Å². The van der Waals surface area contributed by atoms with Crippen LogP contribution in [0.3, 0.4) is 0 Å². The normalized spacial score (nSPS) is 10.9. The SMILES string of the molecule is CC(C)c1ccc(Nc2cc(C(=O)Nc3cccc4cccnc34)ncn2)cc1. The summed E-state index contributed by atoms with van der Waals surface area (Å²) in [5.41, 5.74) is 3.82. The Morgan fingerprint density at radius 3 is 2.52 bits per heavy atom. The Hall–Kier alpha value is -3.80. The number of carbonyl (C=O) groups is 1. The molecule has 1 amide bonds. The second-order valence-electron chi connectivity index (χ2n) is 7.03. The number of nitrogens with zero attached hydrogens (tertiary/aromatic N) is 3. The number of para-hydroxylation sites is 1. The summed E-state index contributed by atoms with van der Waals surface area (Å²) in [6.07, 6.45) is 3.08. The first kappa shape index (κ1) is 18.6. The van der Waals surface area contributed by atoms with Gasteiger partial charge in [-0.1, -0.05) is 44.2 Å². The summed E-state index contributed by atoms with van der Waals surface area (Å²) < 4.78 is 0. The zero-order valence-corrected chi connectivity index (χ0v) is 16.3. The summed E-state index contributed by atoms with van der Waals surface area (Å²) in [5, 5.41) is 7.07. The minimum absolute atomic E-state index is 0.272. The van der Waals surface area contributed by atoms with Crippen LogP contribution in [-0.4, -0.2) is 20.9 Å². The van der Waals surface area contributed by atoms with E-state index in [-0.39, 0.29) is 11.6 Å². The lowest BCUT2D eigenvalue weighted by atomic mass is 10.0. The zero-order valence-electron chi connectivity index (χ0n) is 16.3. The highest BCUT2D eigenvalue weighted by molar-refractivity contribution is 6.07. The molecule has 4 aromatic rings. The van der Waals surface area contributed by atoms with Crippen molar-refractivity contribution in [3.63, 3.8) is 0 Å². The molecule has 0 unspecified atom stereocenters. The second-order valence-corrected chi connectivity index (χ2v) is 7.03. The van der Waals surface area contributed by atoms with Crippen molar-refractivity contribution in [1.29, 1.82) is 0 Å². The first-order valence-corrected chi connectivity index (χ1v) is 9.44. The number of anilines is 3. The molecule has 0 aliphatic heterocycles. The average Bonchev–Trinajstić information content (AvgIpc) is 2.74. The van der Waals surface area contributed by atoms with Crippen molar-refractivity contribution in [2.24, 2.45) is 0 Å². The van der Waals surface area contributed by atoms with Gasteiger partial charge in [-0.2, -0.15) is 0 Å². The van der Waals surface area contributed by atoms with Crippen molar-refractivity contribution in [2.45, 2.75) is 19.8 Å². The fourth-order valence-corrected chi connectivity index (χ4v) is 3.04. The fraction of sp³-hybridized carbons (Fsp3) is 0.130. The van der Waals surface area contributed by atoms with E-state index in [1.807, 2.05) is 42.5 Å². The van der Waals surface area contributed by atoms with E-state index in [4.69, 9.17) is 0 Å². The van der Waals surface area contributed by atoms with Crippen molar-refractivity contribution >= 4 is 34.0 Å². The van der Waals surface area contributed by atoms with Gasteiger partial charge in [-0.3, -0.25) is 9.78 Å². The van der Waals surface area contributed by atoms with Crippen LogP contribution in [0.2, 0.25) is 0 Å². The lowest BCUT2D eigenvalue weighted by Gasteiger charge is -2.10. The van der Waals surface area contributed by atoms with Crippen LogP contribution in [0.4, 0.5) is 17.2 Å². The van der Waals surface area contributed by atoms with Gasteiger partial charge in [0.15, 0.2) is 0 Å². The third-order valence-corrected chi connectivity index (χ3v) is 4.63. The number of hydrogen-bond acceptors (Lipinski definition) is 5. The molecule has 0 atom stereocenters. The standard InChI is InChI=1S/C23H21N5O/c1-15(2)16-8-10-18(11-9-16)27-21-13-20(25-14-26-21)23(29)28-19-7-3-5-17-6-4-12-24-22(17)19/h3-15H,1-2H3,(H,28,29)(H,25,26,27). The molecule has 0 radical (unpaired) electrons. The van der Waals surface area contributed by atoms with Crippen LogP contribution in [0.25, 0.3) is 10.9 Å². The van der Waals surface area contributed by atoms with Crippen molar-refractivity contribution < 1.29 is 4.79 Å². The molecule has 0 aliphatic rings. The topological polar surface area (TPSA) is 79.8 Å². The van der Waals surface area contributed by atoms with Gasteiger partial charge in [0.2, 0.25) is 0 Å². The smallest absolute Gasteiger partial charge is 0.274 e. The van der Waals surface area contributed by atoms with Crippen LogP contribution in [0.5, 0.6) is 0 Å². The molecular formula is C23H21N5O. The number of fused-ring (bicyclic) bond motifs is 1. The molecule has 4 rings (SSSR count). The average molecular weight is 383 g/mol. The lowest BCUT2D eigenvalue weighted by Crippen LogP contribution is -2.14. The minimum Gasteiger partial charge on any atom is -0.340 e. The molecule has 29 heavy (non-hydrogen) atoms. The Morgan fingerprint density at radius 1 is 0.931 bits per heavy atom. The molecule has 0 aliphatic carbocycles. The van der Waals surface area contributed by atoms with E-state index in [0.717, 1.165) is 16.6 Å². The number of benzene rings is 2. The van der Waals surface area contributed by atoms with E-state index in [9.17, 15) is 4.79 Å². The molecule has 144 valence electrons. The molecule has 2 aromatic heterocycles. The highest BCUT2D eigenvalue weighted by atomic mass is 16.1. The first-order chi connectivity index (χ1) is 14.1. The van der Waals surface area contributed by atoms with Gasteiger partial charge in [0.25, 0.3) is 5.91 Å². The number of amides is 1. The van der Waals surface area contributed by atoms with Gasteiger partial charge in [-0.25, -0.2) is 9.97 Å². The largest absolute Gasteiger partial charge is 0.340 e. The Morgan fingerprint density at radius 2 is 1.72 bits per heavy atom. The lowest BCUT2D eigenvalue weighted by molar-refractivity contribution is 0.102. The number of pyridine rings is 1. The monoisotopic (exact) mass is 383 g/mol. The predicted octanol–water partition coefficient (Wildman–Crippen LogP) is 5.14. The molecule has 0 bridgehead atoms. The minimum atomic E-state index is -0.316. The van der Waals surface area contributed by atoms with Crippen LogP contribution >= 0.6 is 0 Å². The van der Waals surface area contributed by atoms with Crippen molar-refractivity contribution in [1.82, 2.24) is 15.0 Å².